The van der Waals surface area contributed by atoms with Crippen LogP contribution in [-0.4, -0.2) is 24.3 Å². The predicted molar refractivity (Wildman–Crippen MR) is 89.0 cm³/mol. The van der Waals surface area contributed by atoms with E-state index in [4.69, 9.17) is 0 Å². The van der Waals surface area contributed by atoms with Crippen molar-refractivity contribution < 1.29 is 8.42 Å². The molecule has 1 aromatic carbocycles. The van der Waals surface area contributed by atoms with Gasteiger partial charge < -0.3 is 0 Å². The largest absolute Gasteiger partial charge is 0.269 e. The molecule has 0 aliphatic heterocycles. The Morgan fingerprint density at radius 3 is 2.73 bits per heavy atom. The maximum Gasteiger partial charge on any atom is 0.269 e. The van der Waals surface area contributed by atoms with Gasteiger partial charge in [-0.05, 0) is 17.1 Å². The van der Waals surface area contributed by atoms with Gasteiger partial charge in [-0.2, -0.15) is 4.37 Å². The van der Waals surface area contributed by atoms with Crippen molar-refractivity contribution in [2.24, 2.45) is 0 Å². The SMILES string of the molecule is C=C/C=C\C(=C)CNS(=O)(=O)c1nc(-c2ccccc2)ns1. The second-order valence-electron chi connectivity index (χ2n) is 4.33. The quantitative estimate of drug-likeness (QED) is 0.791. The molecule has 0 aliphatic rings. The standard InChI is InChI=1S/C15H15N3O2S2/c1-3-4-8-12(2)11-16-22(19,20)15-17-14(18-21-15)13-9-6-5-7-10-13/h3-10,16H,1-2,11H2/b8-4-. The lowest BCUT2D eigenvalue weighted by molar-refractivity contribution is 0.584. The number of allylic oxidation sites excluding steroid dienone is 2. The van der Waals surface area contributed by atoms with E-state index in [1.807, 2.05) is 30.3 Å². The van der Waals surface area contributed by atoms with Gasteiger partial charge in [-0.3, -0.25) is 0 Å². The number of aromatic nitrogens is 2. The van der Waals surface area contributed by atoms with Crippen molar-refractivity contribution in [1.82, 2.24) is 14.1 Å². The summed E-state index contributed by atoms with van der Waals surface area (Å²) in [6.45, 7) is 7.39. The highest BCUT2D eigenvalue weighted by atomic mass is 32.2. The third-order valence-corrected chi connectivity index (χ3v) is 5.10. The minimum Gasteiger partial charge on any atom is -0.205 e. The van der Waals surface area contributed by atoms with Crippen molar-refractivity contribution >= 4 is 21.6 Å². The fraction of sp³-hybridized carbons (Fsp3) is 0.0667. The lowest BCUT2D eigenvalue weighted by Gasteiger charge is -2.02. The number of nitrogens with one attached hydrogen (secondary N) is 1. The number of rotatable bonds is 7. The van der Waals surface area contributed by atoms with Crippen LogP contribution in [0.25, 0.3) is 11.4 Å². The molecule has 0 radical (unpaired) electrons. The van der Waals surface area contributed by atoms with Crippen LogP contribution in [0.4, 0.5) is 0 Å². The van der Waals surface area contributed by atoms with E-state index in [2.05, 4.69) is 27.2 Å². The highest BCUT2D eigenvalue weighted by Crippen LogP contribution is 2.20. The summed E-state index contributed by atoms with van der Waals surface area (Å²) in [4.78, 5) is 4.09. The number of benzene rings is 1. The Hall–Kier alpha value is -2.09. The molecule has 0 atom stereocenters. The smallest absolute Gasteiger partial charge is 0.205 e. The average molecular weight is 333 g/mol. The molecule has 22 heavy (non-hydrogen) atoms. The summed E-state index contributed by atoms with van der Waals surface area (Å²) in [7, 11) is -3.69. The molecule has 0 unspecified atom stereocenters. The molecular formula is C15H15N3O2S2. The van der Waals surface area contributed by atoms with Gasteiger partial charge in [0.25, 0.3) is 10.0 Å². The predicted octanol–water partition coefficient (Wildman–Crippen LogP) is 2.78. The van der Waals surface area contributed by atoms with Crippen molar-refractivity contribution in [3.05, 3.63) is 67.3 Å². The zero-order valence-corrected chi connectivity index (χ0v) is 13.4. The lowest BCUT2D eigenvalue weighted by Crippen LogP contribution is -2.25. The van der Waals surface area contributed by atoms with Gasteiger partial charge in [0.2, 0.25) is 4.34 Å². The topological polar surface area (TPSA) is 72.0 Å². The van der Waals surface area contributed by atoms with Crippen LogP contribution < -0.4 is 4.72 Å². The molecule has 1 N–H and O–H groups in total. The Bertz CT molecular complexity index is 793. The number of hydrogen-bond acceptors (Lipinski definition) is 5. The van der Waals surface area contributed by atoms with Crippen molar-refractivity contribution in [2.75, 3.05) is 6.54 Å². The van der Waals surface area contributed by atoms with Gasteiger partial charge in [0.15, 0.2) is 5.82 Å². The van der Waals surface area contributed by atoms with Crippen molar-refractivity contribution in [2.45, 2.75) is 4.34 Å². The number of sulfonamides is 1. The first kappa shape index (κ1) is 16.3. The van der Waals surface area contributed by atoms with Crippen molar-refractivity contribution in [3.63, 3.8) is 0 Å². The molecule has 0 aliphatic carbocycles. The molecule has 1 aromatic heterocycles. The Morgan fingerprint density at radius 2 is 2.05 bits per heavy atom. The lowest BCUT2D eigenvalue weighted by atomic mass is 10.2. The van der Waals surface area contributed by atoms with Crippen LogP contribution in [0.2, 0.25) is 0 Å². The Kier molecular flexibility index (Phi) is 5.37. The summed E-state index contributed by atoms with van der Waals surface area (Å²) in [6.07, 6.45) is 4.97. The summed E-state index contributed by atoms with van der Waals surface area (Å²) in [5, 5.41) is 0. The van der Waals surface area contributed by atoms with E-state index in [9.17, 15) is 8.42 Å². The highest BCUT2D eigenvalue weighted by molar-refractivity contribution is 7.91. The third-order valence-electron chi connectivity index (χ3n) is 2.63. The number of nitrogens with zero attached hydrogens (tertiary/aromatic N) is 2. The first-order valence-electron chi connectivity index (χ1n) is 6.38. The van der Waals surface area contributed by atoms with Gasteiger partial charge in [0.05, 0.1) is 0 Å². The highest BCUT2D eigenvalue weighted by Gasteiger charge is 2.20. The van der Waals surface area contributed by atoms with Crippen LogP contribution in [-0.2, 0) is 10.0 Å². The van der Waals surface area contributed by atoms with Gasteiger partial charge in [-0.1, -0.05) is 61.7 Å². The molecule has 1 heterocycles. The molecule has 2 rings (SSSR count). The van der Waals surface area contributed by atoms with Gasteiger partial charge in [-0.15, -0.1) is 0 Å². The minimum absolute atomic E-state index is 0.0631. The van der Waals surface area contributed by atoms with Crippen LogP contribution >= 0.6 is 11.5 Å². The summed E-state index contributed by atoms with van der Waals surface area (Å²) in [5.41, 5.74) is 1.40. The first-order valence-corrected chi connectivity index (χ1v) is 8.64. The maximum absolute atomic E-state index is 12.2. The molecule has 0 saturated heterocycles. The van der Waals surface area contributed by atoms with Crippen LogP contribution in [0.15, 0.2) is 71.6 Å². The monoisotopic (exact) mass is 333 g/mol. The minimum atomic E-state index is -3.69. The van der Waals surface area contributed by atoms with E-state index < -0.39 is 10.0 Å². The molecule has 0 saturated carbocycles. The Labute approximate surface area is 134 Å². The van der Waals surface area contributed by atoms with Gasteiger partial charge in [0, 0.05) is 12.1 Å². The summed E-state index contributed by atoms with van der Waals surface area (Å²) < 4.78 is 30.8. The maximum atomic E-state index is 12.2. The molecule has 7 heteroatoms. The van der Waals surface area contributed by atoms with Crippen LogP contribution in [0.3, 0.4) is 0 Å². The molecule has 0 bridgehead atoms. The van der Waals surface area contributed by atoms with E-state index in [1.165, 1.54) is 0 Å². The molecule has 0 fully saturated rings. The molecule has 114 valence electrons. The Balaban J connectivity index is 2.11. The van der Waals surface area contributed by atoms with E-state index in [0.29, 0.717) is 11.4 Å². The van der Waals surface area contributed by atoms with Crippen molar-refractivity contribution in [1.29, 1.82) is 0 Å². The normalized spacial score (nSPS) is 11.6. The van der Waals surface area contributed by atoms with Gasteiger partial charge in [-0.25, -0.2) is 18.1 Å². The summed E-state index contributed by atoms with van der Waals surface area (Å²) in [6, 6.07) is 9.22. The first-order chi connectivity index (χ1) is 10.5. The molecule has 0 amide bonds. The van der Waals surface area contributed by atoms with E-state index >= 15 is 0 Å². The van der Waals surface area contributed by atoms with Crippen molar-refractivity contribution in [3.8, 4) is 11.4 Å². The Morgan fingerprint density at radius 1 is 1.32 bits per heavy atom. The summed E-state index contributed by atoms with van der Waals surface area (Å²) in [5.74, 6) is 0.399. The second kappa shape index (κ2) is 7.26. The summed E-state index contributed by atoms with van der Waals surface area (Å²) >= 11 is 0.845. The zero-order chi connectivity index (χ0) is 16.0. The third kappa shape index (κ3) is 4.20. The fourth-order valence-electron chi connectivity index (χ4n) is 1.54. The zero-order valence-electron chi connectivity index (χ0n) is 11.8. The molecule has 2 aromatic rings. The molecule has 5 nitrogen and oxygen atoms in total. The van der Waals surface area contributed by atoms with E-state index in [1.54, 1.807) is 18.2 Å². The van der Waals surface area contributed by atoms with Crippen LogP contribution in [0, 0.1) is 0 Å². The van der Waals surface area contributed by atoms with Crippen LogP contribution in [0.5, 0.6) is 0 Å². The van der Waals surface area contributed by atoms with Crippen LogP contribution in [0.1, 0.15) is 0 Å². The van der Waals surface area contributed by atoms with Gasteiger partial charge >= 0.3 is 0 Å². The molecular weight excluding hydrogens is 318 g/mol. The molecule has 0 spiro atoms. The van der Waals surface area contributed by atoms with Gasteiger partial charge in [0.1, 0.15) is 0 Å². The van der Waals surface area contributed by atoms with E-state index in [0.717, 1.165) is 17.1 Å². The number of hydrogen-bond donors (Lipinski definition) is 1. The average Bonchev–Trinajstić information content (AvgIpc) is 3.03. The fourth-order valence-corrected chi connectivity index (χ4v) is 3.36. The van der Waals surface area contributed by atoms with E-state index in [-0.39, 0.29) is 10.9 Å². The second-order valence-corrected chi connectivity index (χ2v) is 7.02.